The zero-order valence-corrected chi connectivity index (χ0v) is 21.1. The molecule has 6 aliphatic rings. The van der Waals surface area contributed by atoms with Gasteiger partial charge in [-0.15, -0.1) is 11.6 Å². The van der Waals surface area contributed by atoms with E-state index in [0.717, 1.165) is 48.5 Å². The summed E-state index contributed by atoms with van der Waals surface area (Å²) in [5.41, 5.74) is -0.674. The van der Waals surface area contributed by atoms with Crippen LogP contribution >= 0.6 is 34.2 Å². The van der Waals surface area contributed by atoms with Gasteiger partial charge in [0.2, 0.25) is 0 Å². The number of allylic oxidation sites excluding steroid dienone is 1. The number of carbonyl (C=O) groups excluding carboxylic acids is 1. The van der Waals surface area contributed by atoms with Crippen LogP contribution in [0.25, 0.3) is 0 Å². The molecule has 31 heavy (non-hydrogen) atoms. The van der Waals surface area contributed by atoms with Crippen molar-refractivity contribution in [2.24, 2.45) is 5.92 Å². The first kappa shape index (κ1) is 22.8. The molecular formula is C23H32ClIO6. The van der Waals surface area contributed by atoms with Crippen LogP contribution in [-0.4, -0.2) is 66.3 Å². The van der Waals surface area contributed by atoms with Gasteiger partial charge in [-0.2, -0.15) is 0 Å². The van der Waals surface area contributed by atoms with E-state index in [-0.39, 0.29) is 65.9 Å². The summed E-state index contributed by atoms with van der Waals surface area (Å²) in [5.74, 6) is -0.0254. The van der Waals surface area contributed by atoms with Crippen molar-refractivity contribution in [3.8, 4) is 0 Å². The molecule has 6 heterocycles. The third kappa shape index (κ3) is 3.99. The zero-order chi connectivity index (χ0) is 22.0. The maximum absolute atomic E-state index is 11.8. The molecule has 0 spiro atoms. The fraction of sp³-hybridized carbons (Fsp3) is 0.870. The first-order valence-electron chi connectivity index (χ1n) is 11.4. The maximum atomic E-state index is 11.8. The average Bonchev–Trinajstić information content (AvgIpc) is 3.02. The zero-order valence-electron chi connectivity index (χ0n) is 18.2. The van der Waals surface area contributed by atoms with Crippen LogP contribution in [0.2, 0.25) is 0 Å². The smallest absolute Gasteiger partial charge is 0.308 e. The Morgan fingerprint density at radius 1 is 1.26 bits per heavy atom. The minimum atomic E-state index is -0.415. The van der Waals surface area contributed by atoms with Gasteiger partial charge in [-0.05, 0) is 71.6 Å². The highest BCUT2D eigenvalue weighted by atomic mass is 127. The Balaban J connectivity index is 1.36. The highest BCUT2D eigenvalue weighted by molar-refractivity contribution is 14.1. The van der Waals surface area contributed by atoms with Gasteiger partial charge in [-0.1, -0.05) is 6.58 Å². The van der Waals surface area contributed by atoms with Crippen LogP contribution < -0.4 is 0 Å². The first-order valence-corrected chi connectivity index (χ1v) is 13.0. The molecule has 6 rings (SSSR count). The van der Waals surface area contributed by atoms with Crippen molar-refractivity contribution < 1.29 is 28.5 Å². The summed E-state index contributed by atoms with van der Waals surface area (Å²) in [6.45, 7) is 6.16. The van der Waals surface area contributed by atoms with Gasteiger partial charge >= 0.3 is 5.97 Å². The van der Waals surface area contributed by atoms with E-state index in [1.54, 1.807) is 0 Å². The summed E-state index contributed by atoms with van der Waals surface area (Å²) < 4.78 is 32.5. The summed E-state index contributed by atoms with van der Waals surface area (Å²) >= 11 is 8.86. The van der Waals surface area contributed by atoms with Crippen LogP contribution in [0.5, 0.6) is 0 Å². The van der Waals surface area contributed by atoms with Gasteiger partial charge in [0, 0.05) is 17.7 Å². The Hall–Kier alpha value is 0.0700. The lowest BCUT2D eigenvalue weighted by Gasteiger charge is -2.48. The Labute approximate surface area is 202 Å². The van der Waals surface area contributed by atoms with Gasteiger partial charge < -0.3 is 23.7 Å². The molecule has 10 atom stereocenters. The quantitative estimate of drug-likeness (QED) is 0.260. The number of methoxy groups -OCH3 is 1. The molecular weight excluding hydrogens is 535 g/mol. The molecule has 6 nitrogen and oxygen atoms in total. The Bertz CT molecular complexity index is 750. The number of halogens is 2. The van der Waals surface area contributed by atoms with Crippen LogP contribution in [0, 0.1) is 5.92 Å². The molecule has 0 unspecified atom stereocenters. The van der Waals surface area contributed by atoms with E-state index < -0.39 is 5.60 Å². The number of carbonyl (C=O) groups is 1. The van der Waals surface area contributed by atoms with Crippen molar-refractivity contribution in [3.63, 3.8) is 0 Å². The third-order valence-corrected chi connectivity index (χ3v) is 8.87. The van der Waals surface area contributed by atoms with Crippen molar-refractivity contribution in [1.29, 1.82) is 0 Å². The second-order valence-corrected chi connectivity index (χ2v) is 12.3. The monoisotopic (exact) mass is 566 g/mol. The molecule has 0 amide bonds. The molecule has 0 aromatic heterocycles. The lowest BCUT2D eigenvalue weighted by Crippen LogP contribution is -2.59. The van der Waals surface area contributed by atoms with Gasteiger partial charge in [0.15, 0.2) is 0 Å². The molecule has 174 valence electrons. The summed E-state index contributed by atoms with van der Waals surface area (Å²) in [7, 11) is 1.42. The highest BCUT2D eigenvalue weighted by Crippen LogP contribution is 2.61. The molecule has 0 saturated carbocycles. The predicted molar refractivity (Wildman–Crippen MR) is 123 cm³/mol. The van der Waals surface area contributed by atoms with E-state index >= 15 is 0 Å². The standard InChI is InChI=1S/C23H32ClIO6/c1-12(25)8-13(24)6-7-23-10-15-19-16(5-4-14(28-19)9-18(26)27-3)29-21-20(15)30-17(11-23)22(21,2)31-23/h13-17,19-21H,1,4-11H2,2-3H3/t13-,14-,15+,16+,17-,19-,20+,21-,22+,23+/m1/s1. The van der Waals surface area contributed by atoms with E-state index in [9.17, 15) is 4.79 Å². The van der Waals surface area contributed by atoms with Gasteiger partial charge in [0.25, 0.3) is 0 Å². The maximum Gasteiger partial charge on any atom is 0.308 e. The van der Waals surface area contributed by atoms with Crippen molar-refractivity contribution in [2.45, 2.75) is 111 Å². The van der Waals surface area contributed by atoms with E-state index in [1.165, 1.54) is 7.11 Å². The van der Waals surface area contributed by atoms with Crippen LogP contribution in [0.15, 0.2) is 10.2 Å². The van der Waals surface area contributed by atoms with Crippen LogP contribution in [0.4, 0.5) is 0 Å². The molecule has 0 N–H and O–H groups in total. The number of alkyl halides is 1. The minimum absolute atomic E-state index is 0.0153. The Morgan fingerprint density at radius 3 is 2.81 bits per heavy atom. The van der Waals surface area contributed by atoms with E-state index in [2.05, 4.69) is 36.1 Å². The number of ether oxygens (including phenoxy) is 5. The summed E-state index contributed by atoms with van der Waals surface area (Å²) in [6, 6.07) is 0. The van der Waals surface area contributed by atoms with Gasteiger partial charge in [-0.3, -0.25) is 4.79 Å². The number of hydrogen-bond donors (Lipinski definition) is 0. The second kappa shape index (κ2) is 8.38. The summed E-state index contributed by atoms with van der Waals surface area (Å²) in [6.07, 6.45) is 6.16. The lowest BCUT2D eigenvalue weighted by molar-refractivity contribution is -0.243. The molecule has 6 fully saturated rings. The molecule has 0 aromatic carbocycles. The van der Waals surface area contributed by atoms with Crippen LogP contribution in [-0.2, 0) is 28.5 Å². The fourth-order valence-corrected chi connectivity index (χ4v) is 7.76. The van der Waals surface area contributed by atoms with E-state index in [1.807, 2.05) is 0 Å². The minimum Gasteiger partial charge on any atom is -0.469 e. The van der Waals surface area contributed by atoms with Gasteiger partial charge in [0.05, 0.1) is 49.7 Å². The van der Waals surface area contributed by atoms with Gasteiger partial charge in [-0.25, -0.2) is 0 Å². The second-order valence-electron chi connectivity index (χ2n) is 10.2. The van der Waals surface area contributed by atoms with Crippen LogP contribution in [0.1, 0.15) is 58.3 Å². The fourth-order valence-electron chi connectivity index (χ4n) is 6.68. The predicted octanol–water partition coefficient (Wildman–Crippen LogP) is 4.30. The summed E-state index contributed by atoms with van der Waals surface area (Å²) in [5, 5.41) is 0.0622. The molecule has 0 radical (unpaired) electrons. The SMILES string of the molecule is C=C(I)C[C@H](Cl)CC[C@]12C[C@H]3[C@H]4O[C@@H](CC(=O)OC)CC[C@@H]4O[C@@H]4[C@H]3O[C@H](C1)[C@]4(C)O2. The number of esters is 1. The molecule has 6 aliphatic heterocycles. The van der Waals surface area contributed by atoms with Crippen LogP contribution in [0.3, 0.4) is 0 Å². The molecule has 6 saturated heterocycles. The highest BCUT2D eigenvalue weighted by Gasteiger charge is 2.72. The lowest BCUT2D eigenvalue weighted by atomic mass is 9.72. The Morgan fingerprint density at radius 2 is 2.06 bits per heavy atom. The number of fused-ring (bicyclic) bond motifs is 1. The largest absolute Gasteiger partial charge is 0.469 e. The molecule has 6 bridgehead atoms. The Kier molecular flexibility index (Phi) is 6.17. The van der Waals surface area contributed by atoms with E-state index in [4.69, 9.17) is 35.3 Å². The first-order chi connectivity index (χ1) is 14.7. The van der Waals surface area contributed by atoms with Crippen molar-refractivity contribution >= 4 is 40.2 Å². The van der Waals surface area contributed by atoms with Gasteiger partial charge in [0.1, 0.15) is 11.7 Å². The molecule has 8 heteroatoms. The average molecular weight is 567 g/mol. The third-order valence-electron chi connectivity index (χ3n) is 8.06. The van der Waals surface area contributed by atoms with Crippen molar-refractivity contribution in [3.05, 3.63) is 10.2 Å². The number of hydrogen-bond acceptors (Lipinski definition) is 6. The van der Waals surface area contributed by atoms with Crippen molar-refractivity contribution in [1.82, 2.24) is 0 Å². The molecule has 0 aliphatic carbocycles. The topological polar surface area (TPSA) is 63.2 Å². The van der Waals surface area contributed by atoms with Crippen molar-refractivity contribution in [2.75, 3.05) is 7.11 Å². The normalized spacial score (nSPS) is 48.2. The summed E-state index contributed by atoms with van der Waals surface area (Å²) in [4.78, 5) is 11.8. The molecule has 0 aromatic rings. The number of rotatable bonds is 7. The van der Waals surface area contributed by atoms with E-state index in [0.29, 0.717) is 0 Å².